The predicted octanol–water partition coefficient (Wildman–Crippen LogP) is 5.74. The fourth-order valence-corrected chi connectivity index (χ4v) is 5.02. The number of carbonyl (C=O) groups is 2. The van der Waals surface area contributed by atoms with Gasteiger partial charge in [-0.1, -0.05) is 0 Å². The minimum absolute atomic E-state index is 0.146. The van der Waals surface area contributed by atoms with Crippen molar-refractivity contribution in [1.82, 2.24) is 10.2 Å². The molecular weight excluding hydrogens is 565 g/mol. The lowest BCUT2D eigenvalue weighted by molar-refractivity contribution is -0.308. The summed E-state index contributed by atoms with van der Waals surface area (Å²) in [6.07, 6.45) is -20.4. The van der Waals surface area contributed by atoms with Crippen LogP contribution in [0.15, 0.2) is 18.2 Å². The van der Waals surface area contributed by atoms with Gasteiger partial charge in [0.15, 0.2) is 0 Å². The summed E-state index contributed by atoms with van der Waals surface area (Å²) in [6, 6.07) is 3.23. The Morgan fingerprint density at radius 1 is 1.02 bits per heavy atom. The lowest BCUT2D eigenvalue weighted by Gasteiger charge is -2.40. The number of alkyl halides is 9. The van der Waals surface area contributed by atoms with Gasteiger partial charge in [-0.3, -0.25) is 4.79 Å². The van der Waals surface area contributed by atoms with Crippen molar-refractivity contribution in [3.05, 3.63) is 29.3 Å². The minimum Gasteiger partial charge on any atom is -0.481 e. The number of rotatable bonds is 8. The first-order valence-electron chi connectivity index (χ1n) is 12.4. The molecule has 7 nitrogen and oxygen atoms in total. The number of carboxylic acids is 1. The van der Waals surface area contributed by atoms with Crippen LogP contribution in [0.25, 0.3) is 0 Å². The number of piperidine rings is 1. The van der Waals surface area contributed by atoms with Crippen LogP contribution in [-0.2, 0) is 22.1 Å². The smallest absolute Gasteiger partial charge is 0.434 e. The molecule has 40 heavy (non-hydrogen) atoms. The first kappa shape index (κ1) is 31.6. The Kier molecular flexibility index (Phi) is 9.41. The molecule has 1 unspecified atom stereocenters. The average Bonchev–Trinajstić information content (AvgIpc) is 3.20. The molecule has 0 aromatic heterocycles. The molecule has 1 atom stereocenters. The molecule has 1 spiro atoms. The SMILES string of the molecule is O=C(O)CCCNc1cc(CC2CCC3(CCN(C(=O)OC(C(F)(F)F)C(F)(F)F)CC3)N2)cc(C(F)(F)F)c1. The van der Waals surface area contributed by atoms with E-state index in [-0.39, 0.29) is 63.5 Å². The summed E-state index contributed by atoms with van der Waals surface area (Å²) in [7, 11) is 0. The van der Waals surface area contributed by atoms with E-state index in [9.17, 15) is 49.1 Å². The number of aliphatic carboxylic acids is 1. The summed E-state index contributed by atoms with van der Waals surface area (Å²) in [5, 5.41) is 14.9. The Morgan fingerprint density at radius 3 is 2.20 bits per heavy atom. The van der Waals surface area contributed by atoms with Crippen molar-refractivity contribution >= 4 is 17.7 Å². The molecule has 0 saturated carbocycles. The number of hydrogen-bond acceptors (Lipinski definition) is 5. The summed E-state index contributed by atoms with van der Waals surface area (Å²) in [6.45, 7) is -0.159. The molecule has 3 rings (SSSR count). The lowest BCUT2D eigenvalue weighted by Crippen LogP contribution is -2.54. The zero-order valence-corrected chi connectivity index (χ0v) is 21.0. The van der Waals surface area contributed by atoms with Crippen molar-refractivity contribution in [2.45, 2.75) is 81.2 Å². The third-order valence-corrected chi connectivity index (χ3v) is 6.97. The molecule has 226 valence electrons. The quantitative estimate of drug-likeness (QED) is 0.263. The lowest BCUT2D eigenvalue weighted by atomic mass is 9.86. The number of hydrogen-bond donors (Lipinski definition) is 3. The molecule has 0 bridgehead atoms. The van der Waals surface area contributed by atoms with E-state index in [1.54, 1.807) is 6.07 Å². The van der Waals surface area contributed by atoms with Crippen molar-refractivity contribution in [3.63, 3.8) is 0 Å². The molecule has 3 N–H and O–H groups in total. The number of nitrogens with zero attached hydrogens (tertiary/aromatic N) is 1. The maximum Gasteiger partial charge on any atom is 0.434 e. The van der Waals surface area contributed by atoms with Crippen molar-refractivity contribution in [2.75, 3.05) is 25.0 Å². The van der Waals surface area contributed by atoms with Gasteiger partial charge in [0, 0.05) is 43.3 Å². The molecular formula is C24H28F9N3O4. The van der Waals surface area contributed by atoms with Gasteiger partial charge in [0.1, 0.15) is 0 Å². The van der Waals surface area contributed by atoms with Gasteiger partial charge in [-0.2, -0.15) is 39.5 Å². The minimum atomic E-state index is -5.82. The molecule has 2 aliphatic heterocycles. The van der Waals surface area contributed by atoms with Crippen LogP contribution in [0.3, 0.4) is 0 Å². The van der Waals surface area contributed by atoms with E-state index in [4.69, 9.17) is 5.11 Å². The zero-order valence-electron chi connectivity index (χ0n) is 21.0. The van der Waals surface area contributed by atoms with Gasteiger partial charge in [-0.15, -0.1) is 0 Å². The summed E-state index contributed by atoms with van der Waals surface area (Å²) >= 11 is 0. The topological polar surface area (TPSA) is 90.9 Å². The van der Waals surface area contributed by atoms with Gasteiger partial charge in [0.2, 0.25) is 0 Å². The Bertz CT molecular complexity index is 1040. The van der Waals surface area contributed by atoms with Gasteiger partial charge in [0.05, 0.1) is 5.56 Å². The predicted molar refractivity (Wildman–Crippen MR) is 123 cm³/mol. The molecule has 0 radical (unpaired) electrons. The number of nitrogens with one attached hydrogen (secondary N) is 2. The highest BCUT2D eigenvalue weighted by Gasteiger charge is 2.60. The number of carbonyl (C=O) groups excluding carboxylic acids is 1. The number of ether oxygens (including phenoxy) is 1. The van der Waals surface area contributed by atoms with Crippen LogP contribution < -0.4 is 10.6 Å². The summed E-state index contributed by atoms with van der Waals surface area (Å²) < 4.78 is 120. The molecule has 16 heteroatoms. The Hall–Kier alpha value is -2.91. The van der Waals surface area contributed by atoms with E-state index in [1.807, 2.05) is 0 Å². The second-order valence-corrected chi connectivity index (χ2v) is 10.0. The van der Waals surface area contributed by atoms with Gasteiger partial charge < -0.3 is 25.4 Å². The maximum atomic E-state index is 13.5. The van der Waals surface area contributed by atoms with E-state index in [1.165, 1.54) is 0 Å². The van der Waals surface area contributed by atoms with E-state index >= 15 is 0 Å². The fourth-order valence-electron chi connectivity index (χ4n) is 5.02. The van der Waals surface area contributed by atoms with E-state index < -0.39 is 47.8 Å². The molecule has 1 amide bonds. The molecule has 1 aromatic carbocycles. The Labute approximate surface area is 223 Å². The number of amides is 1. The van der Waals surface area contributed by atoms with Gasteiger partial charge in [0.25, 0.3) is 6.10 Å². The number of carboxylic acid groups (broad SMARTS) is 1. The highest BCUT2D eigenvalue weighted by atomic mass is 19.4. The van der Waals surface area contributed by atoms with Crippen LogP contribution in [0.1, 0.15) is 49.7 Å². The second kappa shape index (κ2) is 11.9. The van der Waals surface area contributed by atoms with Gasteiger partial charge >= 0.3 is 30.6 Å². The monoisotopic (exact) mass is 593 g/mol. The number of anilines is 1. The fraction of sp³-hybridized carbons (Fsp3) is 0.667. The molecule has 0 aliphatic carbocycles. The van der Waals surface area contributed by atoms with Crippen molar-refractivity contribution < 1.29 is 58.9 Å². The molecule has 2 heterocycles. The highest BCUT2D eigenvalue weighted by Crippen LogP contribution is 2.38. The molecule has 2 aliphatic rings. The van der Waals surface area contributed by atoms with Gasteiger partial charge in [-0.05, 0) is 62.3 Å². The van der Waals surface area contributed by atoms with Crippen LogP contribution in [-0.4, -0.2) is 71.7 Å². The number of benzene rings is 1. The van der Waals surface area contributed by atoms with E-state index in [2.05, 4.69) is 15.4 Å². The van der Waals surface area contributed by atoms with Crippen LogP contribution in [0, 0.1) is 0 Å². The van der Waals surface area contributed by atoms with Crippen molar-refractivity contribution in [3.8, 4) is 0 Å². The molecule has 2 fully saturated rings. The number of likely N-dealkylation sites (tertiary alicyclic amines) is 1. The third-order valence-electron chi connectivity index (χ3n) is 6.97. The average molecular weight is 593 g/mol. The first-order valence-corrected chi connectivity index (χ1v) is 12.4. The second-order valence-electron chi connectivity index (χ2n) is 10.0. The summed E-state index contributed by atoms with van der Waals surface area (Å²) in [5.74, 6) is -1.03. The van der Waals surface area contributed by atoms with Crippen LogP contribution in [0.5, 0.6) is 0 Å². The Balaban J connectivity index is 1.59. The zero-order chi connectivity index (χ0) is 29.9. The van der Waals surface area contributed by atoms with Crippen molar-refractivity contribution in [2.24, 2.45) is 0 Å². The maximum absolute atomic E-state index is 13.5. The van der Waals surface area contributed by atoms with Gasteiger partial charge in [-0.25, -0.2) is 4.79 Å². The Morgan fingerprint density at radius 2 is 1.65 bits per heavy atom. The normalized spacial score (nSPS) is 19.8. The first-order chi connectivity index (χ1) is 18.4. The third kappa shape index (κ3) is 8.54. The summed E-state index contributed by atoms with van der Waals surface area (Å²) in [4.78, 5) is 23.5. The van der Waals surface area contributed by atoms with E-state index in [0.717, 1.165) is 17.0 Å². The summed E-state index contributed by atoms with van der Waals surface area (Å²) in [5.41, 5.74) is -0.891. The van der Waals surface area contributed by atoms with E-state index in [0.29, 0.717) is 18.4 Å². The molecule has 2 saturated heterocycles. The van der Waals surface area contributed by atoms with Crippen LogP contribution in [0.4, 0.5) is 50.0 Å². The van der Waals surface area contributed by atoms with Crippen molar-refractivity contribution in [1.29, 1.82) is 0 Å². The van der Waals surface area contributed by atoms with Crippen LogP contribution >= 0.6 is 0 Å². The van der Waals surface area contributed by atoms with Crippen LogP contribution in [0.2, 0.25) is 0 Å². The molecule has 1 aromatic rings. The highest BCUT2D eigenvalue weighted by molar-refractivity contribution is 5.68. The number of halogens is 9. The standard InChI is InChI=1S/C24H28F9N3O4/c25-22(26,27)15-10-14(12-17(13-15)34-7-1-2-18(37)38)11-16-3-4-21(35-16)5-8-36(9-6-21)20(39)40-19(23(28,29)30)24(31,32)33/h10,12-13,16,19,34-35H,1-9,11H2,(H,37,38). The largest absolute Gasteiger partial charge is 0.481 e.